The first-order valence-electron chi connectivity index (χ1n) is 9.95. The molecular formula is C25H26N2O2. The van der Waals surface area contributed by atoms with Crippen LogP contribution in [0.1, 0.15) is 28.3 Å². The Balaban J connectivity index is 1.45. The summed E-state index contributed by atoms with van der Waals surface area (Å²) < 4.78 is 5.86. The highest BCUT2D eigenvalue weighted by Crippen LogP contribution is 2.32. The molecule has 0 saturated heterocycles. The zero-order valence-electron chi connectivity index (χ0n) is 16.6. The van der Waals surface area contributed by atoms with E-state index in [0.717, 1.165) is 24.0 Å². The molecule has 0 aromatic heterocycles. The van der Waals surface area contributed by atoms with Gasteiger partial charge in [-0.1, -0.05) is 84.9 Å². The van der Waals surface area contributed by atoms with Crippen LogP contribution in [-0.2, 0) is 17.6 Å². The number of urea groups is 1. The first kappa shape index (κ1) is 19.2. The Morgan fingerprint density at radius 1 is 0.862 bits per heavy atom. The number of carbonyl (C=O) groups is 1. The predicted molar refractivity (Wildman–Crippen MR) is 115 cm³/mol. The summed E-state index contributed by atoms with van der Waals surface area (Å²) in [5.74, 6) is 0. The normalized spacial score (nSPS) is 14.4. The van der Waals surface area contributed by atoms with Crippen LogP contribution in [0.5, 0.6) is 0 Å². The average Bonchev–Trinajstić information content (AvgIpc) is 3.16. The summed E-state index contributed by atoms with van der Waals surface area (Å²) >= 11 is 0. The number of fused-ring (bicyclic) bond motifs is 1. The van der Waals surface area contributed by atoms with E-state index in [9.17, 15) is 4.79 Å². The second kappa shape index (κ2) is 8.50. The number of rotatable bonds is 6. The summed E-state index contributed by atoms with van der Waals surface area (Å²) in [6, 6.07) is 28.0. The van der Waals surface area contributed by atoms with Crippen LogP contribution in [-0.4, -0.2) is 25.3 Å². The van der Waals surface area contributed by atoms with Crippen molar-refractivity contribution in [2.75, 3.05) is 13.7 Å². The van der Waals surface area contributed by atoms with Crippen molar-refractivity contribution in [1.82, 2.24) is 10.6 Å². The highest BCUT2D eigenvalue weighted by Gasteiger charge is 2.37. The standard InChI is InChI=1S/C25H26N2O2/c1-29-25(16-21-14-8-9-15-22(21)17-25)18-26-24(28)27-23(19-10-4-2-5-11-19)20-12-6-3-7-13-20/h2-15,23H,16-18H2,1H3,(H2,26,27,28). The number of ether oxygens (including phenoxy) is 1. The van der Waals surface area contributed by atoms with Gasteiger partial charge in [0.05, 0.1) is 11.6 Å². The monoisotopic (exact) mass is 386 g/mol. The van der Waals surface area contributed by atoms with Crippen LogP contribution in [0.4, 0.5) is 4.79 Å². The van der Waals surface area contributed by atoms with E-state index in [2.05, 4.69) is 34.9 Å². The Hall–Kier alpha value is -3.11. The minimum atomic E-state index is -0.393. The molecule has 0 unspecified atom stereocenters. The topological polar surface area (TPSA) is 50.4 Å². The van der Waals surface area contributed by atoms with Crippen molar-refractivity contribution >= 4 is 6.03 Å². The summed E-state index contributed by atoms with van der Waals surface area (Å²) in [5, 5.41) is 6.18. The van der Waals surface area contributed by atoms with Gasteiger partial charge in [-0.25, -0.2) is 4.79 Å². The van der Waals surface area contributed by atoms with E-state index in [0.29, 0.717) is 6.54 Å². The van der Waals surface area contributed by atoms with Crippen LogP contribution in [0.2, 0.25) is 0 Å². The van der Waals surface area contributed by atoms with E-state index >= 15 is 0 Å². The Morgan fingerprint density at radius 2 is 1.34 bits per heavy atom. The zero-order chi connectivity index (χ0) is 20.1. The molecule has 3 aromatic carbocycles. The number of hydrogen-bond acceptors (Lipinski definition) is 2. The van der Waals surface area contributed by atoms with Crippen molar-refractivity contribution in [3.63, 3.8) is 0 Å². The molecule has 3 aromatic rings. The molecule has 0 saturated carbocycles. The second-order valence-corrected chi connectivity index (χ2v) is 7.59. The summed E-state index contributed by atoms with van der Waals surface area (Å²) in [5.41, 5.74) is 4.29. The molecular weight excluding hydrogens is 360 g/mol. The van der Waals surface area contributed by atoms with Gasteiger partial charge >= 0.3 is 6.03 Å². The number of nitrogens with one attached hydrogen (secondary N) is 2. The molecule has 0 radical (unpaired) electrons. The SMILES string of the molecule is COC1(CNC(=O)NC(c2ccccc2)c2ccccc2)Cc2ccccc2C1. The largest absolute Gasteiger partial charge is 0.376 e. The Morgan fingerprint density at radius 3 is 1.83 bits per heavy atom. The van der Waals surface area contributed by atoms with Gasteiger partial charge in [-0.3, -0.25) is 0 Å². The van der Waals surface area contributed by atoms with Crippen LogP contribution in [0.3, 0.4) is 0 Å². The summed E-state index contributed by atoms with van der Waals surface area (Å²) in [6.45, 7) is 0.459. The van der Waals surface area contributed by atoms with Crippen molar-refractivity contribution in [1.29, 1.82) is 0 Å². The third-order valence-electron chi connectivity index (χ3n) is 5.69. The summed E-state index contributed by atoms with van der Waals surface area (Å²) in [7, 11) is 1.72. The third kappa shape index (κ3) is 4.33. The quantitative estimate of drug-likeness (QED) is 0.665. The molecule has 148 valence electrons. The lowest BCUT2D eigenvalue weighted by molar-refractivity contribution is 0.00173. The van der Waals surface area contributed by atoms with Crippen molar-refractivity contribution in [2.45, 2.75) is 24.5 Å². The minimum Gasteiger partial charge on any atom is -0.376 e. The van der Waals surface area contributed by atoms with Crippen LogP contribution in [0.15, 0.2) is 84.9 Å². The van der Waals surface area contributed by atoms with Crippen LogP contribution >= 0.6 is 0 Å². The molecule has 29 heavy (non-hydrogen) atoms. The first-order valence-corrected chi connectivity index (χ1v) is 9.95. The maximum Gasteiger partial charge on any atom is 0.315 e. The van der Waals surface area contributed by atoms with E-state index in [1.54, 1.807) is 7.11 Å². The molecule has 2 N–H and O–H groups in total. The molecule has 1 aliphatic rings. The lowest BCUT2D eigenvalue weighted by atomic mass is 9.98. The predicted octanol–water partition coefficient (Wildman–Crippen LogP) is 4.26. The second-order valence-electron chi connectivity index (χ2n) is 7.59. The number of benzene rings is 3. The third-order valence-corrected chi connectivity index (χ3v) is 5.69. The molecule has 4 heteroatoms. The number of methoxy groups -OCH3 is 1. The zero-order valence-corrected chi connectivity index (χ0v) is 16.6. The fourth-order valence-electron chi connectivity index (χ4n) is 4.07. The summed E-state index contributed by atoms with van der Waals surface area (Å²) in [4.78, 5) is 12.8. The van der Waals surface area contributed by atoms with E-state index < -0.39 is 5.60 Å². The molecule has 0 atom stereocenters. The lowest BCUT2D eigenvalue weighted by Gasteiger charge is -2.28. The van der Waals surface area contributed by atoms with Crippen LogP contribution in [0, 0.1) is 0 Å². The number of carbonyl (C=O) groups excluding carboxylic acids is 1. The molecule has 0 spiro atoms. The smallest absolute Gasteiger partial charge is 0.315 e. The van der Waals surface area contributed by atoms with E-state index in [-0.39, 0.29) is 12.1 Å². The van der Waals surface area contributed by atoms with Gasteiger partial charge in [0.2, 0.25) is 0 Å². The molecule has 4 nitrogen and oxygen atoms in total. The molecule has 0 aliphatic heterocycles. The fourth-order valence-corrected chi connectivity index (χ4v) is 4.07. The molecule has 4 rings (SSSR count). The fraction of sp³-hybridized carbons (Fsp3) is 0.240. The number of amides is 2. The van der Waals surface area contributed by atoms with Gasteiger partial charge in [0.1, 0.15) is 0 Å². The molecule has 0 bridgehead atoms. The van der Waals surface area contributed by atoms with Gasteiger partial charge in [-0.2, -0.15) is 0 Å². The average molecular weight is 386 g/mol. The highest BCUT2D eigenvalue weighted by atomic mass is 16.5. The Kier molecular flexibility index (Phi) is 5.63. The van der Waals surface area contributed by atoms with Crippen molar-refractivity contribution in [3.05, 3.63) is 107 Å². The molecule has 0 heterocycles. The maximum atomic E-state index is 12.8. The van der Waals surface area contributed by atoms with Gasteiger partial charge in [0, 0.05) is 26.5 Å². The molecule has 2 amide bonds. The first-order chi connectivity index (χ1) is 14.2. The summed E-state index contributed by atoms with van der Waals surface area (Å²) in [6.07, 6.45) is 1.61. The van der Waals surface area contributed by atoms with Gasteiger partial charge < -0.3 is 15.4 Å². The Labute approximate surface area is 171 Å². The van der Waals surface area contributed by atoms with E-state index in [1.807, 2.05) is 60.7 Å². The minimum absolute atomic E-state index is 0.199. The van der Waals surface area contributed by atoms with Gasteiger partial charge in [-0.15, -0.1) is 0 Å². The van der Waals surface area contributed by atoms with E-state index in [1.165, 1.54) is 11.1 Å². The van der Waals surface area contributed by atoms with Crippen molar-refractivity contribution < 1.29 is 9.53 Å². The highest BCUT2D eigenvalue weighted by molar-refractivity contribution is 5.75. The van der Waals surface area contributed by atoms with Crippen LogP contribution < -0.4 is 10.6 Å². The maximum absolute atomic E-state index is 12.8. The molecule has 1 aliphatic carbocycles. The van der Waals surface area contributed by atoms with Crippen molar-refractivity contribution in [2.24, 2.45) is 0 Å². The van der Waals surface area contributed by atoms with E-state index in [4.69, 9.17) is 4.74 Å². The Bertz CT molecular complexity index is 892. The van der Waals surface area contributed by atoms with Crippen molar-refractivity contribution in [3.8, 4) is 0 Å². The van der Waals surface area contributed by atoms with Crippen LogP contribution in [0.25, 0.3) is 0 Å². The van der Waals surface area contributed by atoms with Gasteiger partial charge in [0.25, 0.3) is 0 Å². The van der Waals surface area contributed by atoms with Gasteiger partial charge in [-0.05, 0) is 22.3 Å². The van der Waals surface area contributed by atoms with Gasteiger partial charge in [0.15, 0.2) is 0 Å². The lowest BCUT2D eigenvalue weighted by Crippen LogP contribution is -2.48. The number of hydrogen-bond donors (Lipinski definition) is 2. The molecule has 0 fully saturated rings.